The fourth-order valence-corrected chi connectivity index (χ4v) is 3.70. The lowest BCUT2D eigenvalue weighted by atomic mass is 10.1. The van der Waals surface area contributed by atoms with Gasteiger partial charge in [-0.25, -0.2) is 28.8 Å². The fraction of sp³-hybridized carbons (Fsp3) is 0.390. The number of aliphatic carboxylic acids is 7. The zero-order valence-corrected chi connectivity index (χ0v) is 35.3. The monoisotopic (exact) mass is 909 g/mol. The van der Waals surface area contributed by atoms with Crippen molar-refractivity contribution in [2.75, 3.05) is 0 Å². The number of carboxylic acid groups (broad SMARTS) is 7. The highest BCUT2D eigenvalue weighted by atomic mass is 16.6. The van der Waals surface area contributed by atoms with Gasteiger partial charge in [0.25, 0.3) is 5.69 Å². The van der Waals surface area contributed by atoms with Crippen molar-refractivity contribution in [2.24, 2.45) is 5.92 Å². The van der Waals surface area contributed by atoms with Crippen LogP contribution in [0.3, 0.4) is 0 Å². The highest BCUT2D eigenvalue weighted by molar-refractivity contribution is 6.34. The van der Waals surface area contributed by atoms with Crippen molar-refractivity contribution in [3.05, 3.63) is 75.8 Å². The Morgan fingerprint density at radius 1 is 0.500 bits per heavy atom. The summed E-state index contributed by atoms with van der Waals surface area (Å²) in [5.74, 6) is -14.6. The summed E-state index contributed by atoms with van der Waals surface area (Å²) in [4.78, 5) is 142. The van der Waals surface area contributed by atoms with Crippen LogP contribution in [0.15, 0.2) is 54.6 Å². The van der Waals surface area contributed by atoms with Crippen LogP contribution in [0.2, 0.25) is 0 Å². The number of unbranched alkanes of at least 4 members (excludes halogenated alkanes) is 3. The third-order valence-electron chi connectivity index (χ3n) is 6.92. The van der Waals surface area contributed by atoms with E-state index in [-0.39, 0.29) is 42.9 Å². The molecule has 7 N–H and O–H groups in total. The molecule has 0 aliphatic rings. The minimum absolute atomic E-state index is 0.0316. The Kier molecular flexibility index (Phi) is 36.3. The van der Waals surface area contributed by atoms with Crippen LogP contribution in [-0.4, -0.2) is 117 Å². The predicted molar refractivity (Wildman–Crippen MR) is 218 cm³/mol. The van der Waals surface area contributed by atoms with Crippen LogP contribution in [0.1, 0.15) is 96.6 Å². The molecule has 0 aliphatic carbocycles. The fourth-order valence-electron chi connectivity index (χ4n) is 3.70. The Labute approximate surface area is 364 Å². The number of nitro groups is 1. The van der Waals surface area contributed by atoms with Gasteiger partial charge in [0.2, 0.25) is 34.7 Å². The van der Waals surface area contributed by atoms with Gasteiger partial charge in [0.15, 0.2) is 0 Å². The third kappa shape index (κ3) is 37.2. The smallest absolute Gasteiger partial charge is 0.372 e. The molecule has 0 unspecified atom stereocenters. The zero-order valence-electron chi connectivity index (χ0n) is 35.3. The molecule has 0 spiro atoms. The Balaban J connectivity index is -0.000000343. The number of Topliss-reactive ketones (excluding diaryl/α,β-unsaturated/α-hetero) is 6. The quantitative estimate of drug-likeness (QED) is 0.0384. The molecular formula is C41H51NO22. The topological polar surface area (TPSA) is 407 Å². The molecule has 2 aromatic carbocycles. The molecule has 0 saturated heterocycles. The predicted octanol–water partition coefficient (Wildman–Crippen LogP) is 3.53. The molecule has 352 valence electrons. The lowest BCUT2D eigenvalue weighted by Gasteiger charge is -1.99. The number of hydrogen-bond acceptors (Lipinski definition) is 15. The van der Waals surface area contributed by atoms with Gasteiger partial charge in [0.1, 0.15) is 0 Å². The second-order valence-corrected chi connectivity index (χ2v) is 12.8. The van der Waals surface area contributed by atoms with E-state index in [1.54, 1.807) is 38.1 Å². The largest absolute Gasteiger partial charge is 0.481 e. The number of carbonyl (C=O) groups is 13. The summed E-state index contributed by atoms with van der Waals surface area (Å²) in [5, 5.41) is 67.2. The van der Waals surface area contributed by atoms with E-state index < -0.39 is 101 Å². The number of ketones is 6. The number of para-hydroxylation sites is 1. The van der Waals surface area contributed by atoms with Crippen LogP contribution in [0.4, 0.5) is 5.69 Å². The van der Waals surface area contributed by atoms with Gasteiger partial charge in [0.05, 0.1) is 11.3 Å². The summed E-state index contributed by atoms with van der Waals surface area (Å²) in [6.45, 7) is 7.19. The summed E-state index contributed by atoms with van der Waals surface area (Å²) in [6.07, 6.45) is 2.88. The van der Waals surface area contributed by atoms with Crippen LogP contribution < -0.4 is 0 Å². The number of nitro benzene ring substituents is 1. The molecule has 2 rings (SSSR count). The molecule has 0 bridgehead atoms. The first kappa shape index (κ1) is 62.8. The third-order valence-corrected chi connectivity index (χ3v) is 6.92. The highest BCUT2D eigenvalue weighted by Gasteiger charge is 2.19. The summed E-state index contributed by atoms with van der Waals surface area (Å²) in [5.41, 5.74) is 0.590. The van der Waals surface area contributed by atoms with Gasteiger partial charge in [-0.3, -0.25) is 43.7 Å². The SMILES string of the molecule is CC(C)CC(=O)C(=O)O.CCC(=O)C(=O)O.CCCCCCC(=O)C(=O)O.O=C(O)C(=O)Cc1ccccc1.O=C(O)C(=O)Cc1ccccc1[N+](=O)[O-].O=C(O)CCC(=O)C(=O)O. The maximum atomic E-state index is 10.9. The van der Waals surface area contributed by atoms with E-state index in [1.165, 1.54) is 31.2 Å². The maximum absolute atomic E-state index is 10.9. The molecule has 0 fully saturated rings. The Bertz CT molecular complexity index is 1930. The molecule has 23 nitrogen and oxygen atoms in total. The van der Waals surface area contributed by atoms with Gasteiger partial charge in [-0.15, -0.1) is 0 Å². The average molecular weight is 910 g/mol. The van der Waals surface area contributed by atoms with Crippen LogP contribution in [0.5, 0.6) is 0 Å². The first-order valence-corrected chi connectivity index (χ1v) is 18.7. The van der Waals surface area contributed by atoms with Gasteiger partial charge < -0.3 is 35.7 Å². The molecule has 0 amide bonds. The van der Waals surface area contributed by atoms with Crippen LogP contribution in [-0.2, 0) is 75.2 Å². The normalized spacial score (nSPS) is 9.27. The van der Waals surface area contributed by atoms with Gasteiger partial charge in [-0.05, 0) is 17.9 Å². The van der Waals surface area contributed by atoms with Crippen molar-refractivity contribution in [3.8, 4) is 0 Å². The van der Waals surface area contributed by atoms with Gasteiger partial charge in [0, 0.05) is 50.2 Å². The van der Waals surface area contributed by atoms with E-state index in [0.717, 1.165) is 24.8 Å². The number of carbonyl (C=O) groups excluding carboxylic acids is 6. The molecule has 0 aliphatic heterocycles. The van der Waals surface area contributed by atoms with Crippen molar-refractivity contribution in [3.63, 3.8) is 0 Å². The van der Waals surface area contributed by atoms with Crippen molar-refractivity contribution >= 4 is 82.2 Å². The van der Waals surface area contributed by atoms with Crippen LogP contribution >= 0.6 is 0 Å². The number of hydrogen-bond donors (Lipinski definition) is 7. The Hall–Kier alpha value is -7.85. The number of nitrogens with zero attached hydrogens (tertiary/aromatic N) is 1. The van der Waals surface area contributed by atoms with E-state index in [0.29, 0.717) is 6.42 Å². The minimum Gasteiger partial charge on any atom is -0.481 e. The summed E-state index contributed by atoms with van der Waals surface area (Å²) >= 11 is 0. The molecule has 0 radical (unpaired) electrons. The van der Waals surface area contributed by atoms with Crippen molar-refractivity contribution < 1.29 is 103 Å². The van der Waals surface area contributed by atoms with Gasteiger partial charge >= 0.3 is 41.8 Å². The lowest BCUT2D eigenvalue weighted by molar-refractivity contribution is -0.385. The van der Waals surface area contributed by atoms with Crippen molar-refractivity contribution in [1.82, 2.24) is 0 Å². The van der Waals surface area contributed by atoms with Gasteiger partial charge in [-0.2, -0.15) is 0 Å². The van der Waals surface area contributed by atoms with Gasteiger partial charge in [-0.1, -0.05) is 95.5 Å². The molecule has 23 heteroatoms. The van der Waals surface area contributed by atoms with Crippen LogP contribution in [0.25, 0.3) is 0 Å². The summed E-state index contributed by atoms with van der Waals surface area (Å²) in [7, 11) is 0. The first-order chi connectivity index (χ1) is 29.7. The van der Waals surface area contributed by atoms with E-state index >= 15 is 0 Å². The minimum atomic E-state index is -1.59. The highest BCUT2D eigenvalue weighted by Crippen LogP contribution is 2.18. The number of rotatable bonds is 22. The second kappa shape index (κ2) is 37.0. The summed E-state index contributed by atoms with van der Waals surface area (Å²) < 4.78 is 0. The number of carboxylic acids is 7. The molecule has 0 atom stereocenters. The molecule has 64 heavy (non-hydrogen) atoms. The van der Waals surface area contributed by atoms with Crippen molar-refractivity contribution in [1.29, 1.82) is 0 Å². The standard InChI is InChI=1S/C9H7NO5.C9H8O3.C8H14O3.C6H10O3.C5H6O5.C4H6O3/c11-8(9(12)13)5-6-3-1-2-4-7(6)10(14)15;10-8(9(11)12)6-7-4-2-1-3-5-7;1-2-3-4-5-6-7(9)8(10)11;1-4(2)3-5(7)6(8)9;6-3(5(9)10)1-2-4(7)8;1-2-3(5)4(6)7/h1-4H,5H2,(H,12,13);1-5H,6H2,(H,11,12);2-6H2,1H3,(H,10,11);4H,3H2,1-2H3,(H,8,9);1-2H2,(H,7,8)(H,9,10);2H2,1H3,(H,6,7). The molecule has 0 saturated carbocycles. The Morgan fingerprint density at radius 3 is 1.28 bits per heavy atom. The van der Waals surface area contributed by atoms with E-state index in [1.807, 2.05) is 6.07 Å². The van der Waals surface area contributed by atoms with Crippen LogP contribution in [0, 0.1) is 16.0 Å². The van der Waals surface area contributed by atoms with E-state index in [2.05, 4.69) is 6.92 Å². The maximum Gasteiger partial charge on any atom is 0.372 e. The zero-order chi connectivity index (χ0) is 50.5. The lowest BCUT2D eigenvalue weighted by Crippen LogP contribution is -2.15. The van der Waals surface area contributed by atoms with Crippen molar-refractivity contribution in [2.45, 2.75) is 98.3 Å². The molecule has 2 aromatic rings. The summed E-state index contributed by atoms with van der Waals surface area (Å²) in [6, 6.07) is 14.3. The molecule has 0 aromatic heterocycles. The number of benzene rings is 2. The van der Waals surface area contributed by atoms with E-state index in [9.17, 15) is 72.4 Å². The second-order valence-electron chi connectivity index (χ2n) is 12.8. The Morgan fingerprint density at radius 2 is 0.922 bits per heavy atom. The van der Waals surface area contributed by atoms with E-state index in [4.69, 9.17) is 35.7 Å². The molecule has 0 heterocycles. The average Bonchev–Trinajstić information content (AvgIpc) is 3.22. The molecular weight excluding hydrogens is 858 g/mol. The first-order valence-electron chi connectivity index (χ1n) is 18.7.